The van der Waals surface area contributed by atoms with E-state index in [0.717, 1.165) is 28.1 Å². The van der Waals surface area contributed by atoms with Crippen molar-refractivity contribution in [2.24, 2.45) is 0 Å². The molecule has 1 aliphatic heterocycles. The Labute approximate surface area is 234 Å². The summed E-state index contributed by atoms with van der Waals surface area (Å²) in [7, 11) is 0. The average Bonchev–Trinajstić information content (AvgIpc) is 2.92. The molecule has 39 heavy (non-hydrogen) atoms. The van der Waals surface area contributed by atoms with Crippen LogP contribution in [0.1, 0.15) is 62.1 Å². The van der Waals surface area contributed by atoms with Crippen molar-refractivity contribution in [1.82, 2.24) is 5.32 Å². The first-order chi connectivity index (χ1) is 18.8. The van der Waals surface area contributed by atoms with E-state index in [4.69, 9.17) is 21.1 Å². The number of allylic oxidation sites excluding steroid dienone is 3. The molecule has 5 rings (SSSR count). The van der Waals surface area contributed by atoms with Crippen molar-refractivity contribution < 1.29 is 19.1 Å². The van der Waals surface area contributed by atoms with Gasteiger partial charge in [0.05, 0.1) is 11.7 Å². The van der Waals surface area contributed by atoms with Gasteiger partial charge >= 0.3 is 5.97 Å². The molecule has 0 amide bonds. The predicted octanol–water partition coefficient (Wildman–Crippen LogP) is 7.23. The van der Waals surface area contributed by atoms with E-state index in [9.17, 15) is 9.59 Å². The summed E-state index contributed by atoms with van der Waals surface area (Å²) in [4.78, 5) is 27.1. The number of Topliss-reactive ketones (excluding diaryl/α,β-unsaturated/α-hetero) is 1. The number of benzene rings is 3. The van der Waals surface area contributed by atoms with Gasteiger partial charge in [-0.25, -0.2) is 4.79 Å². The van der Waals surface area contributed by atoms with Crippen molar-refractivity contribution in [3.63, 3.8) is 0 Å². The molecule has 0 unspecified atom stereocenters. The maximum Gasteiger partial charge on any atom is 0.337 e. The molecule has 5 nitrogen and oxygen atoms in total. The van der Waals surface area contributed by atoms with Crippen molar-refractivity contribution in [1.29, 1.82) is 0 Å². The van der Waals surface area contributed by atoms with Crippen LogP contribution in [0.2, 0.25) is 5.02 Å². The number of rotatable bonds is 7. The smallest absolute Gasteiger partial charge is 0.337 e. The van der Waals surface area contributed by atoms with E-state index in [1.807, 2.05) is 99.6 Å². The van der Waals surface area contributed by atoms with Crippen molar-refractivity contribution in [3.05, 3.63) is 123 Å². The standard InChI is InChI=1S/C33H32ClNO4/c1-20(2)39-33(37)30-21(3)35-28-17-25(23-9-13-26(34)14-10-23)18-29(36)32(28)31(30)24-11-15-27(16-12-24)38-19-22-7-5-4-6-8-22/h4-16,20,25,31,35H,17-19H2,1-3H3/t25-,31-/m0/s1. The lowest BCUT2D eigenvalue weighted by molar-refractivity contribution is -0.143. The molecule has 0 aromatic heterocycles. The van der Waals surface area contributed by atoms with Crippen molar-refractivity contribution in [2.75, 3.05) is 0 Å². The lowest BCUT2D eigenvalue weighted by atomic mass is 9.71. The summed E-state index contributed by atoms with van der Waals surface area (Å²) in [5.74, 6) is -0.152. The number of ketones is 1. The first-order valence-electron chi connectivity index (χ1n) is 13.3. The van der Waals surface area contributed by atoms with Crippen molar-refractivity contribution in [3.8, 4) is 5.75 Å². The van der Waals surface area contributed by atoms with Crippen LogP contribution in [0.25, 0.3) is 0 Å². The summed E-state index contributed by atoms with van der Waals surface area (Å²) in [6.45, 7) is 5.98. The Morgan fingerprint density at radius 1 is 0.949 bits per heavy atom. The van der Waals surface area contributed by atoms with E-state index in [1.54, 1.807) is 0 Å². The molecule has 200 valence electrons. The Bertz CT molecular complexity index is 1420. The summed E-state index contributed by atoms with van der Waals surface area (Å²) in [6.07, 6.45) is 0.753. The number of dihydropyridines is 1. The Morgan fingerprint density at radius 2 is 1.62 bits per heavy atom. The molecule has 1 aliphatic carbocycles. The van der Waals surface area contributed by atoms with Crippen LogP contribution in [0.3, 0.4) is 0 Å². The molecule has 3 aromatic rings. The minimum Gasteiger partial charge on any atom is -0.489 e. The van der Waals surface area contributed by atoms with Crippen LogP contribution in [0.5, 0.6) is 5.75 Å². The third kappa shape index (κ3) is 5.94. The highest BCUT2D eigenvalue weighted by molar-refractivity contribution is 6.30. The second-order valence-corrected chi connectivity index (χ2v) is 10.8. The van der Waals surface area contributed by atoms with Gasteiger partial charge in [0, 0.05) is 34.3 Å². The van der Waals surface area contributed by atoms with Crippen LogP contribution in [-0.2, 0) is 20.9 Å². The molecule has 0 radical (unpaired) electrons. The van der Waals surface area contributed by atoms with Crippen LogP contribution < -0.4 is 10.1 Å². The number of ether oxygens (including phenoxy) is 2. The first-order valence-corrected chi connectivity index (χ1v) is 13.6. The van der Waals surface area contributed by atoms with Crippen LogP contribution in [-0.4, -0.2) is 17.9 Å². The van der Waals surface area contributed by atoms with Gasteiger partial charge in [0.2, 0.25) is 0 Å². The van der Waals surface area contributed by atoms with Crippen LogP contribution in [0.4, 0.5) is 0 Å². The molecule has 0 saturated heterocycles. The zero-order chi connectivity index (χ0) is 27.5. The molecule has 2 atom stereocenters. The first kappa shape index (κ1) is 26.8. The summed E-state index contributed by atoms with van der Waals surface area (Å²) in [5.41, 5.74) is 5.68. The van der Waals surface area contributed by atoms with E-state index < -0.39 is 11.9 Å². The maximum atomic E-state index is 13.8. The fourth-order valence-electron chi connectivity index (χ4n) is 5.39. The number of carbonyl (C=O) groups is 2. The minimum atomic E-state index is -0.519. The van der Waals surface area contributed by atoms with Gasteiger partial charge in [-0.1, -0.05) is 66.2 Å². The number of hydrogen-bond acceptors (Lipinski definition) is 5. The van der Waals surface area contributed by atoms with Gasteiger partial charge in [-0.3, -0.25) is 4.79 Å². The third-order valence-electron chi connectivity index (χ3n) is 7.19. The van der Waals surface area contributed by atoms with Gasteiger partial charge in [0.1, 0.15) is 12.4 Å². The SMILES string of the molecule is CC1=C(C(=O)OC(C)C)[C@H](c2ccc(OCc3ccccc3)cc2)C2=C(C[C@H](c3ccc(Cl)cc3)CC2=O)N1. The van der Waals surface area contributed by atoms with E-state index in [0.29, 0.717) is 41.3 Å². The molecule has 1 N–H and O–H groups in total. The Kier molecular flexibility index (Phi) is 7.89. The van der Waals surface area contributed by atoms with E-state index in [-0.39, 0.29) is 17.8 Å². The predicted molar refractivity (Wildman–Crippen MR) is 152 cm³/mol. The Morgan fingerprint density at radius 3 is 2.28 bits per heavy atom. The fraction of sp³-hybridized carbons (Fsp3) is 0.273. The van der Waals surface area contributed by atoms with Gasteiger partial charge in [-0.15, -0.1) is 0 Å². The molecular formula is C33H32ClNO4. The average molecular weight is 542 g/mol. The Hall–Kier alpha value is -3.83. The van der Waals surface area contributed by atoms with E-state index in [1.165, 1.54) is 0 Å². The molecule has 0 spiro atoms. The van der Waals surface area contributed by atoms with Crippen LogP contribution in [0, 0.1) is 0 Å². The molecular weight excluding hydrogens is 510 g/mol. The van der Waals surface area contributed by atoms with Gasteiger partial charge < -0.3 is 14.8 Å². The molecule has 1 heterocycles. The lowest BCUT2D eigenvalue weighted by Crippen LogP contribution is -2.36. The number of hydrogen-bond donors (Lipinski definition) is 1. The summed E-state index contributed by atoms with van der Waals surface area (Å²) >= 11 is 6.09. The van der Waals surface area contributed by atoms with Gasteiger partial charge in [0.25, 0.3) is 0 Å². The summed E-state index contributed by atoms with van der Waals surface area (Å²) in [5, 5.41) is 4.07. The highest BCUT2D eigenvalue weighted by Crippen LogP contribution is 2.46. The Balaban J connectivity index is 1.48. The zero-order valence-electron chi connectivity index (χ0n) is 22.4. The number of nitrogens with one attached hydrogen (secondary N) is 1. The summed E-state index contributed by atoms with van der Waals surface area (Å²) in [6, 6.07) is 25.3. The highest BCUT2D eigenvalue weighted by Gasteiger charge is 2.41. The van der Waals surface area contributed by atoms with Crippen molar-refractivity contribution in [2.45, 2.75) is 58.2 Å². The quantitative estimate of drug-likeness (QED) is 0.320. The second kappa shape index (κ2) is 11.5. The van der Waals surface area contributed by atoms with E-state index in [2.05, 4.69) is 5.32 Å². The monoisotopic (exact) mass is 541 g/mol. The lowest BCUT2D eigenvalue weighted by Gasteiger charge is -2.37. The molecule has 0 fully saturated rings. The molecule has 6 heteroatoms. The molecule has 3 aromatic carbocycles. The van der Waals surface area contributed by atoms with Gasteiger partial charge in [-0.2, -0.15) is 0 Å². The van der Waals surface area contributed by atoms with Crippen molar-refractivity contribution >= 4 is 23.4 Å². The fourth-order valence-corrected chi connectivity index (χ4v) is 5.51. The van der Waals surface area contributed by atoms with E-state index >= 15 is 0 Å². The number of halogens is 1. The zero-order valence-corrected chi connectivity index (χ0v) is 23.1. The maximum absolute atomic E-state index is 13.8. The normalized spacial score (nSPS) is 19.1. The number of carbonyl (C=O) groups excluding carboxylic acids is 2. The third-order valence-corrected chi connectivity index (χ3v) is 7.45. The van der Waals surface area contributed by atoms with Crippen LogP contribution in [0.15, 0.2) is 101 Å². The second-order valence-electron chi connectivity index (χ2n) is 10.4. The largest absolute Gasteiger partial charge is 0.489 e. The molecule has 0 saturated carbocycles. The minimum absolute atomic E-state index is 0.0282. The van der Waals surface area contributed by atoms with Crippen LogP contribution >= 0.6 is 11.6 Å². The van der Waals surface area contributed by atoms with Gasteiger partial charge in [0.15, 0.2) is 5.78 Å². The number of esters is 1. The van der Waals surface area contributed by atoms with Gasteiger partial charge in [-0.05, 0) is 74.1 Å². The highest BCUT2D eigenvalue weighted by atomic mass is 35.5. The molecule has 2 aliphatic rings. The summed E-state index contributed by atoms with van der Waals surface area (Å²) < 4.78 is 11.6. The topological polar surface area (TPSA) is 64.6 Å². The molecule has 0 bridgehead atoms.